The summed E-state index contributed by atoms with van der Waals surface area (Å²) in [6.07, 6.45) is 7.38. The minimum absolute atomic E-state index is 0.286. The van der Waals surface area contributed by atoms with Gasteiger partial charge in [-0.3, -0.25) is 0 Å². The van der Waals surface area contributed by atoms with Crippen molar-refractivity contribution in [3.8, 4) is 11.1 Å². The molecule has 1 saturated heterocycles. The van der Waals surface area contributed by atoms with Crippen molar-refractivity contribution < 1.29 is 4.39 Å². The van der Waals surface area contributed by atoms with Crippen molar-refractivity contribution >= 4 is 18.0 Å². The molecule has 4 nitrogen and oxygen atoms in total. The molecule has 0 amide bonds. The number of hydrogen-bond acceptors (Lipinski definition) is 4. The molecule has 0 bridgehead atoms. The first-order chi connectivity index (χ1) is 13.0. The SMILES string of the molecule is C=Cc1c(N)cc(-c2c(C)cccc2F)cc1/C=N\N.CN1CCCCC1. The van der Waals surface area contributed by atoms with Crippen LogP contribution < -0.4 is 11.6 Å². The molecule has 27 heavy (non-hydrogen) atoms. The largest absolute Gasteiger partial charge is 0.398 e. The number of rotatable bonds is 3. The van der Waals surface area contributed by atoms with Crippen LogP contribution in [0.5, 0.6) is 0 Å². The van der Waals surface area contributed by atoms with Gasteiger partial charge in [0.15, 0.2) is 0 Å². The van der Waals surface area contributed by atoms with Gasteiger partial charge in [0.1, 0.15) is 5.82 Å². The zero-order valence-corrected chi connectivity index (χ0v) is 16.2. The van der Waals surface area contributed by atoms with Crippen LogP contribution >= 0.6 is 0 Å². The Labute approximate surface area is 161 Å². The molecule has 3 rings (SSSR count). The summed E-state index contributed by atoms with van der Waals surface area (Å²) in [5.74, 6) is 4.92. The average molecular weight is 369 g/mol. The summed E-state index contributed by atoms with van der Waals surface area (Å²) in [6.45, 7) is 8.21. The first-order valence-electron chi connectivity index (χ1n) is 9.21. The maximum absolute atomic E-state index is 14.0. The normalized spacial score (nSPS) is 14.6. The van der Waals surface area contributed by atoms with E-state index in [2.05, 4.69) is 23.6 Å². The van der Waals surface area contributed by atoms with Crippen molar-refractivity contribution in [3.63, 3.8) is 0 Å². The van der Waals surface area contributed by atoms with Crippen LogP contribution in [-0.4, -0.2) is 31.3 Å². The van der Waals surface area contributed by atoms with Gasteiger partial charge in [0.05, 0.1) is 6.21 Å². The predicted molar refractivity (Wildman–Crippen MR) is 114 cm³/mol. The molecule has 0 saturated carbocycles. The highest BCUT2D eigenvalue weighted by Crippen LogP contribution is 2.31. The predicted octanol–water partition coefficient (Wildman–Crippen LogP) is 4.42. The van der Waals surface area contributed by atoms with Gasteiger partial charge in [-0.05, 0) is 69.2 Å². The third-order valence-corrected chi connectivity index (χ3v) is 4.75. The lowest BCUT2D eigenvalue weighted by Crippen LogP contribution is -2.24. The molecule has 4 N–H and O–H groups in total. The Balaban J connectivity index is 0.000000313. The van der Waals surface area contributed by atoms with E-state index in [1.807, 2.05) is 13.0 Å². The third-order valence-electron chi connectivity index (χ3n) is 4.75. The summed E-state index contributed by atoms with van der Waals surface area (Å²) in [5, 5.41) is 3.51. The van der Waals surface area contributed by atoms with Gasteiger partial charge in [-0.15, -0.1) is 0 Å². The van der Waals surface area contributed by atoms with Gasteiger partial charge in [0, 0.05) is 22.4 Å². The first-order valence-corrected chi connectivity index (χ1v) is 9.21. The van der Waals surface area contributed by atoms with E-state index in [4.69, 9.17) is 11.6 Å². The second-order valence-electron chi connectivity index (χ2n) is 6.85. The van der Waals surface area contributed by atoms with E-state index in [0.29, 0.717) is 22.4 Å². The fourth-order valence-electron chi connectivity index (χ4n) is 3.32. The maximum Gasteiger partial charge on any atom is 0.131 e. The van der Waals surface area contributed by atoms with Crippen molar-refractivity contribution in [1.29, 1.82) is 0 Å². The van der Waals surface area contributed by atoms with E-state index in [0.717, 1.165) is 11.1 Å². The molecular weight excluding hydrogens is 339 g/mol. The van der Waals surface area contributed by atoms with Crippen LogP contribution in [0.25, 0.3) is 17.2 Å². The number of likely N-dealkylation sites (tertiary alicyclic amines) is 1. The highest BCUT2D eigenvalue weighted by Gasteiger charge is 2.12. The van der Waals surface area contributed by atoms with Gasteiger partial charge < -0.3 is 16.5 Å². The highest BCUT2D eigenvalue weighted by atomic mass is 19.1. The molecule has 0 radical (unpaired) electrons. The second kappa shape index (κ2) is 9.88. The number of hydrogen-bond donors (Lipinski definition) is 2. The molecule has 1 heterocycles. The molecule has 5 heteroatoms. The molecule has 0 atom stereocenters. The van der Waals surface area contributed by atoms with Crippen LogP contribution in [0.2, 0.25) is 0 Å². The van der Waals surface area contributed by atoms with Crippen LogP contribution in [0, 0.1) is 12.7 Å². The minimum atomic E-state index is -0.286. The molecule has 1 fully saturated rings. The molecule has 1 aliphatic rings. The minimum Gasteiger partial charge on any atom is -0.398 e. The molecule has 0 aromatic heterocycles. The smallest absolute Gasteiger partial charge is 0.131 e. The van der Waals surface area contributed by atoms with Crippen LogP contribution in [-0.2, 0) is 0 Å². The number of nitrogens with zero attached hydrogens (tertiary/aromatic N) is 2. The molecule has 0 aliphatic carbocycles. The van der Waals surface area contributed by atoms with Crippen molar-refractivity contribution in [1.82, 2.24) is 4.90 Å². The Morgan fingerprint density at radius 2 is 1.89 bits per heavy atom. The van der Waals surface area contributed by atoms with E-state index >= 15 is 0 Å². The van der Waals surface area contributed by atoms with Crippen molar-refractivity contribution in [2.75, 3.05) is 25.9 Å². The quantitative estimate of drug-likeness (QED) is 0.365. The van der Waals surface area contributed by atoms with Gasteiger partial charge in [-0.2, -0.15) is 5.10 Å². The van der Waals surface area contributed by atoms with Gasteiger partial charge in [0.25, 0.3) is 0 Å². The third kappa shape index (κ3) is 5.41. The van der Waals surface area contributed by atoms with Gasteiger partial charge >= 0.3 is 0 Å². The Morgan fingerprint density at radius 3 is 2.41 bits per heavy atom. The topological polar surface area (TPSA) is 67.6 Å². The highest BCUT2D eigenvalue weighted by molar-refractivity contribution is 5.92. The number of aryl methyl sites for hydroxylation is 1. The molecule has 0 unspecified atom stereocenters. The number of benzene rings is 2. The van der Waals surface area contributed by atoms with Gasteiger partial charge in [-0.25, -0.2) is 4.39 Å². The maximum atomic E-state index is 14.0. The van der Waals surface area contributed by atoms with E-state index < -0.39 is 0 Å². The number of anilines is 1. The Kier molecular flexibility index (Phi) is 7.55. The summed E-state index contributed by atoms with van der Waals surface area (Å²) in [4.78, 5) is 2.39. The number of hydrazone groups is 1. The molecule has 1 aliphatic heterocycles. The summed E-state index contributed by atoms with van der Waals surface area (Å²) < 4.78 is 14.0. The lowest BCUT2D eigenvalue weighted by Gasteiger charge is -2.20. The van der Waals surface area contributed by atoms with Crippen LogP contribution in [0.1, 0.15) is 36.0 Å². The fourth-order valence-corrected chi connectivity index (χ4v) is 3.32. The molecule has 2 aromatic carbocycles. The van der Waals surface area contributed by atoms with Crippen LogP contribution in [0.3, 0.4) is 0 Å². The summed E-state index contributed by atoms with van der Waals surface area (Å²) in [7, 11) is 2.19. The number of nitrogen functional groups attached to an aromatic ring is 1. The summed E-state index contributed by atoms with van der Waals surface area (Å²) >= 11 is 0. The zero-order chi connectivity index (χ0) is 19.8. The van der Waals surface area contributed by atoms with Crippen molar-refractivity contribution in [2.24, 2.45) is 10.9 Å². The molecule has 0 spiro atoms. The fraction of sp³-hybridized carbons (Fsp3) is 0.318. The lowest BCUT2D eigenvalue weighted by molar-refractivity contribution is 0.277. The summed E-state index contributed by atoms with van der Waals surface area (Å²) in [6, 6.07) is 8.49. The van der Waals surface area contributed by atoms with E-state index in [9.17, 15) is 4.39 Å². The molecule has 144 valence electrons. The van der Waals surface area contributed by atoms with Crippen molar-refractivity contribution in [3.05, 3.63) is 59.4 Å². The standard InChI is InChI=1S/C16H16FN3.C6H13N/c1-3-13-12(9-20-19)7-11(8-15(13)18)16-10(2)5-4-6-14(16)17;1-7-5-3-2-4-6-7/h3-9H,1,18-19H2,2H3;2-6H2,1H3/b20-9-;. The Morgan fingerprint density at radius 1 is 1.19 bits per heavy atom. The molecular formula is C22H29FN4. The van der Waals surface area contributed by atoms with E-state index in [-0.39, 0.29) is 5.82 Å². The first kappa shape index (κ1) is 20.6. The summed E-state index contributed by atoms with van der Waals surface area (Å²) in [5.41, 5.74) is 10.0. The Hall–Kier alpha value is -2.66. The number of halogens is 1. The molecule has 2 aromatic rings. The van der Waals surface area contributed by atoms with Crippen LogP contribution in [0.15, 0.2) is 42.0 Å². The second-order valence-corrected chi connectivity index (χ2v) is 6.85. The van der Waals surface area contributed by atoms with Gasteiger partial charge in [0.2, 0.25) is 0 Å². The number of nitrogens with two attached hydrogens (primary N) is 2. The van der Waals surface area contributed by atoms with E-state index in [1.54, 1.807) is 24.3 Å². The monoisotopic (exact) mass is 368 g/mol. The van der Waals surface area contributed by atoms with Crippen molar-refractivity contribution in [2.45, 2.75) is 26.2 Å². The van der Waals surface area contributed by atoms with E-state index in [1.165, 1.54) is 44.6 Å². The van der Waals surface area contributed by atoms with Crippen LogP contribution in [0.4, 0.5) is 10.1 Å². The zero-order valence-electron chi connectivity index (χ0n) is 16.2. The average Bonchev–Trinajstić information content (AvgIpc) is 2.63. The lowest BCUT2D eigenvalue weighted by atomic mass is 9.95. The Bertz CT molecular complexity index is 788. The van der Waals surface area contributed by atoms with Gasteiger partial charge in [-0.1, -0.05) is 31.2 Å². The number of piperidine rings is 1.